The van der Waals surface area contributed by atoms with Gasteiger partial charge in [-0.1, -0.05) is 17.7 Å². The molecule has 17 heavy (non-hydrogen) atoms. The molecule has 6 heteroatoms. The normalized spacial score (nSPS) is 23.2. The summed E-state index contributed by atoms with van der Waals surface area (Å²) in [5, 5.41) is 12.3. The van der Waals surface area contributed by atoms with Gasteiger partial charge in [0.1, 0.15) is 5.82 Å². The molecular weight excluding hydrogens is 268 g/mol. The quantitative estimate of drug-likeness (QED) is 0.873. The zero-order chi connectivity index (χ0) is 11.7. The second-order valence-corrected chi connectivity index (χ2v) is 4.31. The van der Waals surface area contributed by atoms with Crippen LogP contribution in [0.2, 0.25) is 5.02 Å². The fourth-order valence-corrected chi connectivity index (χ4v) is 2.23. The topological polar surface area (TPSA) is 49.3 Å². The summed E-state index contributed by atoms with van der Waals surface area (Å²) in [6, 6.07) is 4.36. The van der Waals surface area contributed by atoms with Gasteiger partial charge in [0.05, 0.1) is 5.92 Å². The first-order valence-corrected chi connectivity index (χ1v) is 5.36. The van der Waals surface area contributed by atoms with Crippen LogP contribution in [0.1, 0.15) is 11.5 Å². The minimum absolute atomic E-state index is 0. The molecular formula is C11H12Cl2FNO2. The molecule has 2 rings (SSSR count). The van der Waals surface area contributed by atoms with E-state index in [1.807, 2.05) is 0 Å². The lowest BCUT2D eigenvalue weighted by Gasteiger charge is -2.15. The van der Waals surface area contributed by atoms with Gasteiger partial charge in [-0.25, -0.2) is 4.39 Å². The average molecular weight is 280 g/mol. The Labute approximate surface area is 109 Å². The summed E-state index contributed by atoms with van der Waals surface area (Å²) < 4.78 is 13.6. The van der Waals surface area contributed by atoms with Gasteiger partial charge in [0.15, 0.2) is 0 Å². The second kappa shape index (κ2) is 5.67. The number of carboxylic acid groups (broad SMARTS) is 1. The lowest BCUT2D eigenvalue weighted by Crippen LogP contribution is -2.21. The third kappa shape index (κ3) is 2.89. The Morgan fingerprint density at radius 2 is 2.18 bits per heavy atom. The first-order valence-electron chi connectivity index (χ1n) is 4.98. The number of carboxylic acids is 1. The molecule has 94 valence electrons. The van der Waals surface area contributed by atoms with Gasteiger partial charge in [0, 0.05) is 24.0 Å². The lowest BCUT2D eigenvalue weighted by molar-refractivity contribution is -0.141. The van der Waals surface area contributed by atoms with Gasteiger partial charge in [-0.3, -0.25) is 4.79 Å². The first kappa shape index (κ1) is 14.2. The van der Waals surface area contributed by atoms with Crippen LogP contribution in [0.5, 0.6) is 0 Å². The van der Waals surface area contributed by atoms with Crippen LogP contribution in [0, 0.1) is 11.7 Å². The van der Waals surface area contributed by atoms with Gasteiger partial charge >= 0.3 is 5.97 Å². The molecule has 2 atom stereocenters. The molecule has 1 heterocycles. The Kier molecular flexibility index (Phi) is 4.74. The molecule has 1 aromatic carbocycles. The van der Waals surface area contributed by atoms with Crippen molar-refractivity contribution in [1.82, 2.24) is 5.32 Å². The van der Waals surface area contributed by atoms with E-state index >= 15 is 0 Å². The van der Waals surface area contributed by atoms with Crippen molar-refractivity contribution in [3.63, 3.8) is 0 Å². The highest BCUT2D eigenvalue weighted by Gasteiger charge is 2.35. The highest BCUT2D eigenvalue weighted by atomic mass is 35.5. The van der Waals surface area contributed by atoms with Gasteiger partial charge in [0.25, 0.3) is 0 Å². The minimum atomic E-state index is -0.899. The molecule has 1 aromatic rings. The van der Waals surface area contributed by atoms with Crippen molar-refractivity contribution in [2.24, 2.45) is 5.92 Å². The molecule has 0 bridgehead atoms. The third-order valence-electron chi connectivity index (χ3n) is 2.89. The highest BCUT2D eigenvalue weighted by molar-refractivity contribution is 6.30. The molecule has 0 radical (unpaired) electrons. The standard InChI is InChI=1S/C11H11ClFNO2.ClH/c12-6-1-2-7(10(13)3-6)8-4-14-5-9(8)11(15)16;/h1-3,8-9,14H,4-5H2,(H,15,16);1H/t8-,9+;/m0./s1. The molecule has 1 saturated heterocycles. The molecule has 0 unspecified atom stereocenters. The van der Waals surface area contributed by atoms with Crippen molar-refractivity contribution in [1.29, 1.82) is 0 Å². The van der Waals surface area contributed by atoms with Gasteiger partial charge < -0.3 is 10.4 Å². The fraction of sp³-hybridized carbons (Fsp3) is 0.364. The van der Waals surface area contributed by atoms with E-state index in [4.69, 9.17) is 16.7 Å². The number of rotatable bonds is 2. The maximum Gasteiger partial charge on any atom is 0.308 e. The molecule has 1 aliphatic rings. The van der Waals surface area contributed by atoms with Crippen LogP contribution >= 0.6 is 24.0 Å². The van der Waals surface area contributed by atoms with Crippen molar-refractivity contribution in [3.05, 3.63) is 34.6 Å². The van der Waals surface area contributed by atoms with E-state index in [1.165, 1.54) is 6.07 Å². The van der Waals surface area contributed by atoms with Crippen molar-refractivity contribution in [2.75, 3.05) is 13.1 Å². The monoisotopic (exact) mass is 279 g/mol. The molecule has 1 fully saturated rings. The summed E-state index contributed by atoms with van der Waals surface area (Å²) in [6.07, 6.45) is 0. The third-order valence-corrected chi connectivity index (χ3v) is 3.13. The zero-order valence-electron chi connectivity index (χ0n) is 8.82. The Morgan fingerprint density at radius 3 is 2.76 bits per heavy atom. The van der Waals surface area contributed by atoms with Crippen molar-refractivity contribution >= 4 is 30.0 Å². The van der Waals surface area contributed by atoms with Crippen LogP contribution in [0.4, 0.5) is 4.39 Å². The molecule has 0 aromatic heterocycles. The Morgan fingerprint density at radius 1 is 1.47 bits per heavy atom. The van der Waals surface area contributed by atoms with Gasteiger partial charge in [-0.05, 0) is 17.7 Å². The number of halogens is 3. The minimum Gasteiger partial charge on any atom is -0.481 e. The first-order chi connectivity index (χ1) is 7.59. The summed E-state index contributed by atoms with van der Waals surface area (Å²) >= 11 is 5.65. The summed E-state index contributed by atoms with van der Waals surface area (Å²) in [4.78, 5) is 11.0. The zero-order valence-corrected chi connectivity index (χ0v) is 10.4. The van der Waals surface area contributed by atoms with Crippen LogP contribution < -0.4 is 5.32 Å². The van der Waals surface area contributed by atoms with Crippen molar-refractivity contribution in [2.45, 2.75) is 5.92 Å². The summed E-state index contributed by atoms with van der Waals surface area (Å²) in [6.45, 7) is 0.859. The van der Waals surface area contributed by atoms with Gasteiger partial charge in [-0.2, -0.15) is 0 Å². The van der Waals surface area contributed by atoms with Crippen molar-refractivity contribution in [3.8, 4) is 0 Å². The van der Waals surface area contributed by atoms with E-state index in [1.54, 1.807) is 12.1 Å². The van der Waals surface area contributed by atoms with Crippen LogP contribution in [0.25, 0.3) is 0 Å². The SMILES string of the molecule is Cl.O=C(O)[C@@H]1CNC[C@H]1c1ccc(Cl)cc1F. The molecule has 2 N–H and O–H groups in total. The molecule has 1 aliphatic heterocycles. The van der Waals surface area contributed by atoms with Gasteiger partial charge in [0.2, 0.25) is 0 Å². The summed E-state index contributed by atoms with van der Waals surface area (Å²) in [7, 11) is 0. The van der Waals surface area contributed by atoms with E-state index < -0.39 is 17.7 Å². The van der Waals surface area contributed by atoms with Crippen LogP contribution in [0.3, 0.4) is 0 Å². The summed E-state index contributed by atoms with van der Waals surface area (Å²) in [5.74, 6) is -2.23. The molecule has 0 spiro atoms. The number of carbonyl (C=O) groups is 1. The average Bonchev–Trinajstić information content (AvgIpc) is 2.66. The maximum absolute atomic E-state index is 13.6. The van der Waals surface area contributed by atoms with Crippen molar-refractivity contribution < 1.29 is 14.3 Å². The van der Waals surface area contributed by atoms with E-state index in [0.717, 1.165) is 0 Å². The summed E-state index contributed by atoms with van der Waals surface area (Å²) in [5.41, 5.74) is 0.418. The van der Waals surface area contributed by atoms with E-state index in [0.29, 0.717) is 23.7 Å². The predicted octanol–water partition coefficient (Wildman–Crippen LogP) is 2.29. The van der Waals surface area contributed by atoms with Crippen LogP contribution in [0.15, 0.2) is 18.2 Å². The molecule has 0 saturated carbocycles. The highest BCUT2D eigenvalue weighted by Crippen LogP contribution is 2.31. The number of benzene rings is 1. The number of hydrogen-bond acceptors (Lipinski definition) is 2. The second-order valence-electron chi connectivity index (χ2n) is 3.88. The van der Waals surface area contributed by atoms with E-state index in [2.05, 4.69) is 5.32 Å². The Hall–Kier alpha value is -0.840. The smallest absolute Gasteiger partial charge is 0.308 e. The van der Waals surface area contributed by atoms with Gasteiger partial charge in [-0.15, -0.1) is 12.4 Å². The largest absolute Gasteiger partial charge is 0.481 e. The van der Waals surface area contributed by atoms with E-state index in [9.17, 15) is 9.18 Å². The number of aliphatic carboxylic acids is 1. The van der Waals surface area contributed by atoms with Crippen LogP contribution in [-0.4, -0.2) is 24.2 Å². The lowest BCUT2D eigenvalue weighted by atomic mass is 9.89. The van der Waals surface area contributed by atoms with Crippen LogP contribution in [-0.2, 0) is 4.79 Å². The Bertz CT molecular complexity index is 428. The molecule has 0 aliphatic carbocycles. The predicted molar refractivity (Wildman–Crippen MR) is 65.4 cm³/mol. The number of nitrogens with one attached hydrogen (secondary N) is 1. The fourth-order valence-electron chi connectivity index (χ4n) is 2.07. The molecule has 0 amide bonds. The number of hydrogen-bond donors (Lipinski definition) is 2. The molecule has 3 nitrogen and oxygen atoms in total. The maximum atomic E-state index is 13.6. The Balaban J connectivity index is 0.00000144. The van der Waals surface area contributed by atoms with E-state index in [-0.39, 0.29) is 18.3 Å².